The molecule has 0 bridgehead atoms. The molecule has 0 spiro atoms. The lowest BCUT2D eigenvalue weighted by Crippen LogP contribution is -2.40. The van der Waals surface area contributed by atoms with Crippen LogP contribution in [0.3, 0.4) is 0 Å². The van der Waals surface area contributed by atoms with Crippen molar-refractivity contribution < 1.29 is 19.5 Å². The van der Waals surface area contributed by atoms with Gasteiger partial charge in [-0.2, -0.15) is 0 Å². The van der Waals surface area contributed by atoms with E-state index in [4.69, 9.17) is 5.11 Å². The van der Waals surface area contributed by atoms with Gasteiger partial charge in [0.1, 0.15) is 6.54 Å². The van der Waals surface area contributed by atoms with Crippen molar-refractivity contribution in [3.05, 3.63) is 59.7 Å². The van der Waals surface area contributed by atoms with Crippen molar-refractivity contribution in [2.75, 3.05) is 16.8 Å². The predicted octanol–water partition coefficient (Wildman–Crippen LogP) is 2.79. The SMILES string of the molecule is CC(C(=O)O)c1ccc(NC(=O)CN2C(=O)CCc3ccccc32)cc1. The summed E-state index contributed by atoms with van der Waals surface area (Å²) in [6, 6.07) is 14.3. The van der Waals surface area contributed by atoms with Gasteiger partial charge < -0.3 is 15.3 Å². The Labute approximate surface area is 151 Å². The zero-order chi connectivity index (χ0) is 18.7. The number of para-hydroxylation sites is 1. The molecule has 3 rings (SSSR count). The molecule has 134 valence electrons. The van der Waals surface area contributed by atoms with Crippen LogP contribution in [0.15, 0.2) is 48.5 Å². The maximum atomic E-state index is 12.4. The Kier molecular flexibility index (Phi) is 5.02. The monoisotopic (exact) mass is 352 g/mol. The number of hydrogen-bond donors (Lipinski definition) is 2. The lowest BCUT2D eigenvalue weighted by atomic mass is 10.0. The molecule has 2 N–H and O–H groups in total. The van der Waals surface area contributed by atoms with Gasteiger partial charge >= 0.3 is 5.97 Å². The lowest BCUT2D eigenvalue weighted by Gasteiger charge is -2.28. The van der Waals surface area contributed by atoms with Crippen molar-refractivity contribution in [1.82, 2.24) is 0 Å². The number of aliphatic carboxylic acids is 1. The van der Waals surface area contributed by atoms with Crippen LogP contribution in [-0.2, 0) is 20.8 Å². The Morgan fingerprint density at radius 3 is 2.50 bits per heavy atom. The molecule has 1 aliphatic heterocycles. The molecule has 0 aromatic heterocycles. The third-order valence-corrected chi connectivity index (χ3v) is 4.56. The number of carboxylic acid groups (broad SMARTS) is 1. The Hall–Kier alpha value is -3.15. The van der Waals surface area contributed by atoms with Gasteiger partial charge in [-0.25, -0.2) is 0 Å². The number of aryl methyl sites for hydroxylation is 1. The van der Waals surface area contributed by atoms with Gasteiger partial charge in [0, 0.05) is 17.8 Å². The molecule has 0 aliphatic carbocycles. The minimum atomic E-state index is -0.899. The van der Waals surface area contributed by atoms with Gasteiger partial charge in [-0.05, 0) is 42.7 Å². The third kappa shape index (κ3) is 3.74. The summed E-state index contributed by atoms with van der Waals surface area (Å²) in [6.45, 7) is 1.55. The predicted molar refractivity (Wildman–Crippen MR) is 98.2 cm³/mol. The Bertz CT molecular complexity index is 845. The second-order valence-corrected chi connectivity index (χ2v) is 6.34. The van der Waals surface area contributed by atoms with Crippen LogP contribution in [0.4, 0.5) is 11.4 Å². The molecule has 0 saturated heterocycles. The Morgan fingerprint density at radius 1 is 1.12 bits per heavy atom. The minimum Gasteiger partial charge on any atom is -0.481 e. The first-order chi connectivity index (χ1) is 12.5. The van der Waals surface area contributed by atoms with Crippen molar-refractivity contribution in [2.24, 2.45) is 0 Å². The average Bonchev–Trinajstić information content (AvgIpc) is 2.64. The minimum absolute atomic E-state index is 0.0525. The average molecular weight is 352 g/mol. The highest BCUT2D eigenvalue weighted by molar-refractivity contribution is 6.04. The summed E-state index contributed by atoms with van der Waals surface area (Å²) < 4.78 is 0. The maximum Gasteiger partial charge on any atom is 0.310 e. The second-order valence-electron chi connectivity index (χ2n) is 6.34. The first-order valence-corrected chi connectivity index (χ1v) is 8.46. The molecule has 6 heteroatoms. The van der Waals surface area contributed by atoms with E-state index in [1.165, 1.54) is 4.90 Å². The first-order valence-electron chi connectivity index (χ1n) is 8.46. The number of carbonyl (C=O) groups excluding carboxylic acids is 2. The molecular weight excluding hydrogens is 332 g/mol. The summed E-state index contributed by atoms with van der Waals surface area (Å²) in [5, 5.41) is 11.8. The number of amides is 2. The van der Waals surface area contributed by atoms with E-state index in [0.717, 1.165) is 11.3 Å². The lowest BCUT2D eigenvalue weighted by molar-refractivity contribution is -0.138. The quantitative estimate of drug-likeness (QED) is 0.866. The van der Waals surface area contributed by atoms with Crippen molar-refractivity contribution in [2.45, 2.75) is 25.7 Å². The van der Waals surface area contributed by atoms with Gasteiger partial charge in [0.15, 0.2) is 0 Å². The van der Waals surface area contributed by atoms with Crippen LogP contribution >= 0.6 is 0 Å². The molecule has 1 heterocycles. The van der Waals surface area contributed by atoms with Crippen LogP contribution in [0.1, 0.15) is 30.4 Å². The Morgan fingerprint density at radius 2 is 1.81 bits per heavy atom. The molecule has 1 atom stereocenters. The molecule has 26 heavy (non-hydrogen) atoms. The van der Waals surface area contributed by atoms with Gasteiger partial charge in [0.25, 0.3) is 0 Å². The molecule has 2 amide bonds. The van der Waals surface area contributed by atoms with E-state index in [9.17, 15) is 14.4 Å². The molecule has 1 aliphatic rings. The second kappa shape index (κ2) is 7.39. The molecule has 2 aromatic rings. The number of nitrogens with zero attached hydrogens (tertiary/aromatic N) is 1. The smallest absolute Gasteiger partial charge is 0.310 e. The van der Waals surface area contributed by atoms with Gasteiger partial charge in [-0.15, -0.1) is 0 Å². The Balaban J connectivity index is 1.68. The number of carboxylic acids is 1. The largest absolute Gasteiger partial charge is 0.481 e. The number of nitrogens with one attached hydrogen (secondary N) is 1. The molecule has 6 nitrogen and oxygen atoms in total. The zero-order valence-corrected chi connectivity index (χ0v) is 14.4. The normalized spacial score (nSPS) is 14.5. The fourth-order valence-corrected chi connectivity index (χ4v) is 3.01. The third-order valence-electron chi connectivity index (χ3n) is 4.56. The molecule has 0 radical (unpaired) electrons. The molecule has 1 unspecified atom stereocenters. The summed E-state index contributed by atoms with van der Waals surface area (Å²) in [4.78, 5) is 37.1. The van der Waals surface area contributed by atoms with E-state index < -0.39 is 11.9 Å². The number of carbonyl (C=O) groups is 3. The summed E-state index contributed by atoms with van der Waals surface area (Å²) in [7, 11) is 0. The topological polar surface area (TPSA) is 86.7 Å². The van der Waals surface area contributed by atoms with E-state index in [1.54, 1.807) is 31.2 Å². The van der Waals surface area contributed by atoms with Crippen LogP contribution in [-0.4, -0.2) is 29.4 Å². The highest BCUT2D eigenvalue weighted by Gasteiger charge is 2.25. The first kappa shape index (κ1) is 17.7. The van der Waals surface area contributed by atoms with Gasteiger partial charge in [0.05, 0.1) is 5.92 Å². The van der Waals surface area contributed by atoms with Crippen LogP contribution in [0.5, 0.6) is 0 Å². The number of anilines is 2. The van der Waals surface area contributed by atoms with Crippen LogP contribution in [0.25, 0.3) is 0 Å². The zero-order valence-electron chi connectivity index (χ0n) is 14.4. The van der Waals surface area contributed by atoms with Crippen LogP contribution in [0, 0.1) is 0 Å². The number of hydrogen-bond acceptors (Lipinski definition) is 3. The molecule has 0 saturated carbocycles. The standard InChI is InChI=1S/C20H20N2O4/c1-13(20(25)26)14-6-9-16(10-7-14)21-18(23)12-22-17-5-3-2-4-15(17)8-11-19(22)24/h2-7,9-10,13H,8,11-12H2,1H3,(H,21,23)(H,25,26). The van der Waals surface area contributed by atoms with Crippen LogP contribution < -0.4 is 10.2 Å². The van der Waals surface area contributed by atoms with E-state index in [-0.39, 0.29) is 18.4 Å². The fraction of sp³-hybridized carbons (Fsp3) is 0.250. The summed E-state index contributed by atoms with van der Waals surface area (Å²) >= 11 is 0. The highest BCUT2D eigenvalue weighted by Crippen LogP contribution is 2.27. The maximum absolute atomic E-state index is 12.4. The van der Waals surface area contributed by atoms with Gasteiger partial charge in [-0.3, -0.25) is 14.4 Å². The van der Waals surface area contributed by atoms with E-state index in [0.29, 0.717) is 24.1 Å². The van der Waals surface area contributed by atoms with E-state index in [1.807, 2.05) is 24.3 Å². The fourth-order valence-electron chi connectivity index (χ4n) is 3.01. The van der Waals surface area contributed by atoms with E-state index in [2.05, 4.69) is 5.32 Å². The summed E-state index contributed by atoms with van der Waals surface area (Å²) in [6.07, 6.45) is 1.09. The number of fused-ring (bicyclic) bond motifs is 1. The molecular formula is C20H20N2O4. The van der Waals surface area contributed by atoms with E-state index >= 15 is 0 Å². The van der Waals surface area contributed by atoms with Crippen molar-refractivity contribution >= 4 is 29.2 Å². The van der Waals surface area contributed by atoms with Crippen molar-refractivity contribution in [3.63, 3.8) is 0 Å². The summed E-state index contributed by atoms with van der Waals surface area (Å²) in [5.41, 5.74) is 3.07. The number of benzene rings is 2. The highest BCUT2D eigenvalue weighted by atomic mass is 16.4. The van der Waals surface area contributed by atoms with Gasteiger partial charge in [-0.1, -0.05) is 30.3 Å². The van der Waals surface area contributed by atoms with Crippen molar-refractivity contribution in [3.8, 4) is 0 Å². The van der Waals surface area contributed by atoms with Crippen molar-refractivity contribution in [1.29, 1.82) is 0 Å². The summed E-state index contributed by atoms with van der Waals surface area (Å²) in [5.74, 6) is -1.87. The molecule has 0 fully saturated rings. The number of rotatable bonds is 5. The van der Waals surface area contributed by atoms with Crippen LogP contribution in [0.2, 0.25) is 0 Å². The molecule has 2 aromatic carbocycles. The van der Waals surface area contributed by atoms with Gasteiger partial charge in [0.2, 0.25) is 11.8 Å².